The number of benzene rings is 1. The highest BCUT2D eigenvalue weighted by atomic mass is 16.5. The fourth-order valence-electron chi connectivity index (χ4n) is 8.28. The number of hydrogen-bond donors (Lipinski definition) is 1. The first-order valence-electron chi connectivity index (χ1n) is 15.4. The van der Waals surface area contributed by atoms with Crippen molar-refractivity contribution in [3.05, 3.63) is 54.6 Å². The molecule has 1 N–H and O–H groups in total. The van der Waals surface area contributed by atoms with Crippen LogP contribution in [0.1, 0.15) is 67.7 Å². The molecule has 1 spiro atoms. The lowest BCUT2D eigenvalue weighted by Crippen LogP contribution is -2.62. The minimum absolute atomic E-state index is 0.0380. The summed E-state index contributed by atoms with van der Waals surface area (Å²) < 4.78 is 7.09. The minimum atomic E-state index is -1.34. The van der Waals surface area contributed by atoms with Gasteiger partial charge in [0.15, 0.2) is 0 Å². The van der Waals surface area contributed by atoms with Crippen molar-refractivity contribution in [2.75, 3.05) is 24.6 Å². The number of anilines is 1. The van der Waals surface area contributed by atoms with Gasteiger partial charge in [-0.2, -0.15) is 0 Å². The molecular formula is C34H47N3O5. The number of hydrogen-bond acceptors (Lipinski definition) is 5. The third kappa shape index (κ3) is 4.62. The van der Waals surface area contributed by atoms with Crippen LogP contribution in [0.25, 0.3) is 0 Å². The Kier molecular flexibility index (Phi) is 7.72. The molecule has 1 unspecified atom stereocenters. The Morgan fingerprint density at radius 1 is 0.929 bits per heavy atom. The lowest BCUT2D eigenvalue weighted by atomic mass is 9.72. The van der Waals surface area contributed by atoms with Crippen molar-refractivity contribution in [1.29, 1.82) is 0 Å². The second-order valence-corrected chi connectivity index (χ2v) is 14.2. The number of para-hydroxylation sites is 1. The van der Waals surface area contributed by atoms with E-state index >= 15 is 0 Å². The quantitative estimate of drug-likeness (QED) is 0.487. The third-order valence-corrected chi connectivity index (χ3v) is 9.71. The maximum atomic E-state index is 14.8. The fourth-order valence-corrected chi connectivity index (χ4v) is 8.28. The first kappa shape index (κ1) is 30.5. The zero-order chi connectivity index (χ0) is 30.7. The Balaban J connectivity index is 1.67. The second-order valence-electron chi connectivity index (χ2n) is 14.2. The molecule has 0 bridgehead atoms. The van der Waals surface area contributed by atoms with E-state index in [-0.39, 0.29) is 29.7 Å². The summed E-state index contributed by atoms with van der Waals surface area (Å²) in [7, 11) is 0. The number of fused-ring (bicyclic) bond motifs is 2. The van der Waals surface area contributed by atoms with Crippen molar-refractivity contribution in [3.63, 3.8) is 0 Å². The lowest BCUT2D eigenvalue weighted by molar-refractivity contribution is -0.159. The van der Waals surface area contributed by atoms with Crippen LogP contribution in [0.2, 0.25) is 0 Å². The average molecular weight is 578 g/mol. The molecule has 1 aromatic rings. The van der Waals surface area contributed by atoms with Gasteiger partial charge in [0.1, 0.15) is 11.6 Å². The molecule has 42 heavy (non-hydrogen) atoms. The number of ether oxygens (including phenoxy) is 1. The van der Waals surface area contributed by atoms with Crippen molar-refractivity contribution in [3.8, 4) is 0 Å². The van der Waals surface area contributed by atoms with Crippen molar-refractivity contribution < 1.29 is 24.2 Å². The molecule has 4 heterocycles. The van der Waals surface area contributed by atoms with E-state index in [9.17, 15) is 19.5 Å². The molecule has 0 aliphatic carbocycles. The Morgan fingerprint density at radius 3 is 2.19 bits per heavy atom. The van der Waals surface area contributed by atoms with Crippen LogP contribution in [-0.4, -0.2) is 81.1 Å². The Labute approximate surface area is 250 Å². The number of aliphatic hydroxyl groups is 1. The number of rotatable bonds is 7. The third-order valence-electron chi connectivity index (χ3n) is 9.71. The summed E-state index contributed by atoms with van der Waals surface area (Å²) in [6.07, 6.45) is 9.44. The van der Waals surface area contributed by atoms with Crippen LogP contribution in [-0.2, 0) is 19.1 Å². The summed E-state index contributed by atoms with van der Waals surface area (Å²) in [4.78, 5) is 49.3. The van der Waals surface area contributed by atoms with E-state index in [1.807, 2.05) is 73.4 Å². The summed E-state index contributed by atoms with van der Waals surface area (Å²) in [6.45, 7) is 14.9. The molecule has 2 saturated heterocycles. The number of carbonyl (C=O) groups is 3. The molecule has 0 saturated carbocycles. The summed E-state index contributed by atoms with van der Waals surface area (Å²) in [5.41, 5.74) is -2.19. The first-order chi connectivity index (χ1) is 19.8. The molecule has 8 nitrogen and oxygen atoms in total. The van der Waals surface area contributed by atoms with Gasteiger partial charge in [-0.05, 0) is 50.7 Å². The topological polar surface area (TPSA) is 90.4 Å². The molecular weight excluding hydrogens is 530 g/mol. The molecule has 3 amide bonds. The van der Waals surface area contributed by atoms with Crippen LogP contribution in [0, 0.1) is 17.3 Å². The molecule has 228 valence electrons. The van der Waals surface area contributed by atoms with Gasteiger partial charge in [0.05, 0.1) is 30.1 Å². The van der Waals surface area contributed by atoms with Crippen LogP contribution in [0.3, 0.4) is 0 Å². The Hall–Kier alpha value is -2.97. The van der Waals surface area contributed by atoms with Gasteiger partial charge in [-0.15, -0.1) is 0 Å². The van der Waals surface area contributed by atoms with E-state index in [1.54, 1.807) is 9.80 Å². The van der Waals surface area contributed by atoms with E-state index < -0.39 is 40.7 Å². The van der Waals surface area contributed by atoms with Gasteiger partial charge in [-0.25, -0.2) is 0 Å². The molecule has 4 aliphatic heterocycles. The smallest absolute Gasteiger partial charge is 0.249 e. The van der Waals surface area contributed by atoms with Crippen LogP contribution in [0.4, 0.5) is 5.69 Å². The van der Waals surface area contributed by atoms with Crippen molar-refractivity contribution >= 4 is 23.4 Å². The number of carbonyl (C=O) groups excluding carboxylic acids is 3. The van der Waals surface area contributed by atoms with E-state index in [4.69, 9.17) is 4.74 Å². The number of amides is 3. The molecule has 8 heteroatoms. The van der Waals surface area contributed by atoms with Gasteiger partial charge in [0.25, 0.3) is 0 Å². The molecule has 0 radical (unpaired) electrons. The Morgan fingerprint density at radius 2 is 1.60 bits per heavy atom. The number of likely N-dealkylation sites (tertiary alicyclic amines) is 1. The predicted molar refractivity (Wildman–Crippen MR) is 163 cm³/mol. The highest BCUT2D eigenvalue weighted by Crippen LogP contribution is 2.59. The zero-order valence-electron chi connectivity index (χ0n) is 26.2. The van der Waals surface area contributed by atoms with Crippen LogP contribution in [0.15, 0.2) is 54.6 Å². The van der Waals surface area contributed by atoms with E-state index in [1.165, 1.54) is 0 Å². The molecule has 5 rings (SSSR count). The van der Waals surface area contributed by atoms with E-state index in [0.717, 1.165) is 12.1 Å². The van der Waals surface area contributed by atoms with Crippen molar-refractivity contribution in [1.82, 2.24) is 9.80 Å². The normalized spacial score (nSPS) is 32.0. The monoisotopic (exact) mass is 577 g/mol. The standard InChI is InChI=1S/C34H47N3O5/c1-8-23(21-38)37-27-30(41)36(32(6,7)22-31(3,4)5)20-14-18-34(27)26(29(37)40)25-28(39)35(24-15-11-10-12-16-24)19-13-17-33(25,9-2)42-34/h10-18,23,25-27,38H,8-9,19-22H2,1-7H3/t23-,25+,26-,27?,33-,34-/m0/s1. The molecule has 6 atom stereocenters. The molecule has 1 aromatic carbocycles. The maximum absolute atomic E-state index is 14.8. The summed E-state index contributed by atoms with van der Waals surface area (Å²) >= 11 is 0. The maximum Gasteiger partial charge on any atom is 0.249 e. The van der Waals surface area contributed by atoms with Gasteiger partial charge in [-0.3, -0.25) is 14.4 Å². The van der Waals surface area contributed by atoms with E-state index in [2.05, 4.69) is 34.6 Å². The molecule has 4 aliphatic rings. The minimum Gasteiger partial charge on any atom is -0.394 e. The van der Waals surface area contributed by atoms with Gasteiger partial charge in [0.2, 0.25) is 17.7 Å². The van der Waals surface area contributed by atoms with Gasteiger partial charge in [-0.1, -0.05) is 77.1 Å². The van der Waals surface area contributed by atoms with E-state index in [0.29, 0.717) is 25.9 Å². The van der Waals surface area contributed by atoms with Crippen LogP contribution >= 0.6 is 0 Å². The largest absolute Gasteiger partial charge is 0.394 e. The fraction of sp³-hybridized carbons (Fsp3) is 0.618. The molecule has 0 aromatic heterocycles. The average Bonchev–Trinajstić information content (AvgIpc) is 3.21. The SMILES string of the molecule is CC[C@@H](CO)N1C(=O)[C@@H]2[C@@H]3C(=O)N(c4ccccc4)CC=C[C@]3(CC)O[C@@]23C=CCN(C(C)(C)CC(C)(C)C)C(=O)C13. The van der Waals surface area contributed by atoms with Crippen LogP contribution < -0.4 is 4.90 Å². The summed E-state index contributed by atoms with van der Waals surface area (Å²) in [6, 6.07) is 7.91. The predicted octanol–water partition coefficient (Wildman–Crippen LogP) is 4.33. The summed E-state index contributed by atoms with van der Waals surface area (Å²) in [5, 5.41) is 10.4. The lowest BCUT2D eigenvalue weighted by Gasteiger charge is -2.45. The van der Waals surface area contributed by atoms with Crippen LogP contribution in [0.5, 0.6) is 0 Å². The zero-order valence-corrected chi connectivity index (χ0v) is 26.2. The first-order valence-corrected chi connectivity index (χ1v) is 15.4. The number of nitrogens with zero attached hydrogens (tertiary/aromatic N) is 3. The van der Waals surface area contributed by atoms with Crippen molar-refractivity contribution in [2.45, 2.75) is 96.6 Å². The van der Waals surface area contributed by atoms with Gasteiger partial charge in [0, 0.05) is 24.3 Å². The summed E-state index contributed by atoms with van der Waals surface area (Å²) in [5.74, 6) is -2.42. The highest BCUT2D eigenvalue weighted by Gasteiger charge is 2.76. The van der Waals surface area contributed by atoms with Crippen molar-refractivity contribution in [2.24, 2.45) is 17.3 Å². The highest BCUT2D eigenvalue weighted by molar-refractivity contribution is 6.04. The number of aliphatic hydroxyl groups excluding tert-OH is 1. The van der Waals surface area contributed by atoms with Gasteiger partial charge >= 0.3 is 0 Å². The van der Waals surface area contributed by atoms with Gasteiger partial charge < -0.3 is 24.5 Å². The molecule has 2 fully saturated rings. The Bertz CT molecular complexity index is 1280. The second kappa shape index (κ2) is 10.6.